The zero-order chi connectivity index (χ0) is 12.3. The molecule has 1 atom stereocenters. The maximum Gasteiger partial charge on any atom is 0.222 e. The minimum atomic E-state index is 0.0832. The second-order valence-electron chi connectivity index (χ2n) is 5.59. The van der Waals surface area contributed by atoms with Gasteiger partial charge in [-0.3, -0.25) is 9.69 Å². The Morgan fingerprint density at radius 3 is 2.56 bits per heavy atom. The Balaban J connectivity index is 2.52. The Morgan fingerprint density at radius 2 is 2.06 bits per heavy atom. The first-order valence-electron chi connectivity index (χ1n) is 6.06. The van der Waals surface area contributed by atoms with Crippen molar-refractivity contribution in [2.45, 2.75) is 32.7 Å². The first-order valence-corrected chi connectivity index (χ1v) is 6.06. The number of hydrogen-bond donors (Lipinski definition) is 1. The molecule has 0 aromatic rings. The van der Waals surface area contributed by atoms with E-state index in [-0.39, 0.29) is 17.4 Å². The van der Waals surface area contributed by atoms with E-state index in [0.29, 0.717) is 13.0 Å². The lowest BCUT2D eigenvalue weighted by molar-refractivity contribution is -0.136. The van der Waals surface area contributed by atoms with Crippen molar-refractivity contribution in [3.8, 4) is 0 Å². The lowest BCUT2D eigenvalue weighted by Crippen LogP contribution is -2.59. The summed E-state index contributed by atoms with van der Waals surface area (Å²) in [5, 5.41) is 0. The van der Waals surface area contributed by atoms with Gasteiger partial charge in [-0.2, -0.15) is 0 Å². The summed E-state index contributed by atoms with van der Waals surface area (Å²) in [5.41, 5.74) is 5.63. The van der Waals surface area contributed by atoms with Gasteiger partial charge in [-0.1, -0.05) is 6.92 Å². The maximum absolute atomic E-state index is 12.0. The molecule has 0 aliphatic carbocycles. The van der Waals surface area contributed by atoms with Crippen LogP contribution in [0.2, 0.25) is 0 Å². The van der Waals surface area contributed by atoms with Crippen LogP contribution >= 0.6 is 0 Å². The first-order chi connectivity index (χ1) is 7.36. The molecule has 0 bridgehead atoms. The van der Waals surface area contributed by atoms with E-state index in [2.05, 4.69) is 25.8 Å². The van der Waals surface area contributed by atoms with Gasteiger partial charge >= 0.3 is 0 Å². The van der Waals surface area contributed by atoms with Crippen LogP contribution in [0.5, 0.6) is 0 Å². The highest BCUT2D eigenvalue weighted by Crippen LogP contribution is 2.19. The molecule has 1 aliphatic rings. The highest BCUT2D eigenvalue weighted by Gasteiger charge is 2.33. The molecular formula is C12H25N3O. The van der Waals surface area contributed by atoms with Crippen molar-refractivity contribution in [2.24, 2.45) is 11.7 Å². The first kappa shape index (κ1) is 13.5. The molecule has 0 saturated carbocycles. The molecule has 1 saturated heterocycles. The van der Waals surface area contributed by atoms with Crippen LogP contribution in [0.1, 0.15) is 27.2 Å². The largest absolute Gasteiger partial charge is 0.340 e. The number of carbonyl (C=O) groups is 1. The average molecular weight is 227 g/mol. The van der Waals surface area contributed by atoms with Gasteiger partial charge in [0.15, 0.2) is 0 Å². The van der Waals surface area contributed by atoms with E-state index in [4.69, 9.17) is 5.73 Å². The number of likely N-dealkylation sites (N-methyl/N-ethyl adjacent to an activating group) is 1. The fraction of sp³-hybridized carbons (Fsp3) is 0.917. The van der Waals surface area contributed by atoms with Crippen molar-refractivity contribution in [3.05, 3.63) is 0 Å². The van der Waals surface area contributed by atoms with E-state index in [0.717, 1.165) is 19.6 Å². The normalized spacial score (nSPS) is 23.2. The smallest absolute Gasteiger partial charge is 0.222 e. The molecule has 0 radical (unpaired) electrons. The molecule has 16 heavy (non-hydrogen) atoms. The molecule has 94 valence electrons. The molecule has 1 rings (SSSR count). The zero-order valence-corrected chi connectivity index (χ0v) is 11.0. The van der Waals surface area contributed by atoms with Crippen molar-refractivity contribution >= 4 is 5.91 Å². The fourth-order valence-electron chi connectivity index (χ4n) is 1.96. The van der Waals surface area contributed by atoms with Crippen molar-refractivity contribution in [2.75, 3.05) is 33.2 Å². The van der Waals surface area contributed by atoms with E-state index in [9.17, 15) is 4.79 Å². The molecule has 2 N–H and O–H groups in total. The zero-order valence-electron chi connectivity index (χ0n) is 11.0. The Hall–Kier alpha value is -0.610. The summed E-state index contributed by atoms with van der Waals surface area (Å²) in [5.74, 6) is 0.536. The lowest BCUT2D eigenvalue weighted by atomic mass is 9.98. The molecule has 4 nitrogen and oxygen atoms in total. The number of nitrogens with zero attached hydrogens (tertiary/aromatic N) is 2. The van der Waals surface area contributed by atoms with E-state index < -0.39 is 0 Å². The molecule has 1 fully saturated rings. The molecular weight excluding hydrogens is 202 g/mol. The Labute approximate surface area is 98.8 Å². The highest BCUT2D eigenvalue weighted by atomic mass is 16.2. The van der Waals surface area contributed by atoms with Crippen molar-refractivity contribution < 1.29 is 4.79 Å². The molecule has 1 unspecified atom stereocenters. The molecule has 0 aromatic heterocycles. The van der Waals surface area contributed by atoms with Crippen LogP contribution in [0.4, 0.5) is 0 Å². The predicted octanol–water partition coefficient (Wildman–Crippen LogP) is 0.524. The van der Waals surface area contributed by atoms with E-state index in [1.165, 1.54) is 0 Å². The molecule has 1 aliphatic heterocycles. The Bertz CT molecular complexity index is 253. The number of carbonyl (C=O) groups excluding carboxylic acids is 1. The molecule has 1 heterocycles. The fourth-order valence-corrected chi connectivity index (χ4v) is 1.96. The molecule has 0 aromatic carbocycles. The average Bonchev–Trinajstić information content (AvgIpc) is 2.21. The highest BCUT2D eigenvalue weighted by molar-refractivity contribution is 5.76. The summed E-state index contributed by atoms with van der Waals surface area (Å²) in [7, 11) is 2.12. The van der Waals surface area contributed by atoms with Crippen LogP contribution in [0.25, 0.3) is 0 Å². The second kappa shape index (κ2) is 5.15. The summed E-state index contributed by atoms with van der Waals surface area (Å²) in [6, 6.07) is 0. The minimum Gasteiger partial charge on any atom is -0.340 e. The van der Waals surface area contributed by atoms with Gasteiger partial charge in [0, 0.05) is 31.6 Å². The third-order valence-electron chi connectivity index (χ3n) is 3.59. The number of rotatable bonds is 3. The van der Waals surface area contributed by atoms with Gasteiger partial charge in [0.25, 0.3) is 0 Å². The monoisotopic (exact) mass is 227 g/mol. The lowest BCUT2D eigenvalue weighted by Gasteiger charge is -2.45. The van der Waals surface area contributed by atoms with Crippen molar-refractivity contribution in [1.29, 1.82) is 0 Å². The van der Waals surface area contributed by atoms with Gasteiger partial charge in [0.1, 0.15) is 0 Å². The number of hydrogen-bond acceptors (Lipinski definition) is 3. The van der Waals surface area contributed by atoms with Gasteiger partial charge in [0.2, 0.25) is 5.91 Å². The SMILES string of the molecule is CC(CN)CC(=O)N1CCN(C)C(C)(C)C1. The Kier molecular flexibility index (Phi) is 4.33. The van der Waals surface area contributed by atoms with Crippen LogP contribution in [0.15, 0.2) is 0 Å². The Morgan fingerprint density at radius 1 is 1.44 bits per heavy atom. The standard InChI is InChI=1S/C12H25N3O/c1-10(8-13)7-11(16)15-6-5-14(4)12(2,3)9-15/h10H,5-9,13H2,1-4H3. The maximum atomic E-state index is 12.0. The summed E-state index contributed by atoms with van der Waals surface area (Å²) >= 11 is 0. The molecule has 4 heteroatoms. The van der Waals surface area contributed by atoms with Crippen LogP contribution < -0.4 is 5.73 Å². The minimum absolute atomic E-state index is 0.0832. The summed E-state index contributed by atoms with van der Waals surface area (Å²) < 4.78 is 0. The van der Waals surface area contributed by atoms with Crippen molar-refractivity contribution in [1.82, 2.24) is 9.80 Å². The number of amides is 1. The van der Waals surface area contributed by atoms with Crippen LogP contribution in [-0.4, -0.2) is 54.5 Å². The third kappa shape index (κ3) is 3.19. The summed E-state index contributed by atoms with van der Waals surface area (Å²) in [4.78, 5) is 16.3. The quantitative estimate of drug-likeness (QED) is 0.765. The number of nitrogens with two attached hydrogens (primary N) is 1. The van der Waals surface area contributed by atoms with Gasteiger partial charge in [-0.25, -0.2) is 0 Å². The van der Waals surface area contributed by atoms with E-state index >= 15 is 0 Å². The predicted molar refractivity (Wildman–Crippen MR) is 66.1 cm³/mol. The topological polar surface area (TPSA) is 49.6 Å². The van der Waals surface area contributed by atoms with Crippen molar-refractivity contribution in [3.63, 3.8) is 0 Å². The summed E-state index contributed by atoms with van der Waals surface area (Å²) in [6.07, 6.45) is 0.580. The molecule has 1 amide bonds. The van der Waals surface area contributed by atoms with E-state index in [1.54, 1.807) is 0 Å². The van der Waals surface area contributed by atoms with E-state index in [1.807, 2.05) is 11.8 Å². The van der Waals surface area contributed by atoms with Gasteiger partial charge in [0.05, 0.1) is 0 Å². The van der Waals surface area contributed by atoms with Gasteiger partial charge < -0.3 is 10.6 Å². The second-order valence-corrected chi connectivity index (χ2v) is 5.59. The van der Waals surface area contributed by atoms with Crippen LogP contribution in [0, 0.1) is 5.92 Å². The van der Waals surface area contributed by atoms with Gasteiger partial charge in [-0.05, 0) is 33.4 Å². The number of piperazine rings is 1. The van der Waals surface area contributed by atoms with Crippen LogP contribution in [0.3, 0.4) is 0 Å². The van der Waals surface area contributed by atoms with Gasteiger partial charge in [-0.15, -0.1) is 0 Å². The van der Waals surface area contributed by atoms with Crippen LogP contribution in [-0.2, 0) is 4.79 Å². The third-order valence-corrected chi connectivity index (χ3v) is 3.59. The summed E-state index contributed by atoms with van der Waals surface area (Å²) in [6.45, 7) is 9.59. The molecule has 0 spiro atoms.